The fourth-order valence-corrected chi connectivity index (χ4v) is 3.92. The Hall–Kier alpha value is -0.390. The number of nitrogens with two attached hydrogens (primary N) is 1. The van der Waals surface area contributed by atoms with E-state index in [0.717, 1.165) is 29.6 Å². The molecule has 1 fully saturated rings. The van der Waals surface area contributed by atoms with Crippen LogP contribution in [0.15, 0.2) is 4.47 Å². The summed E-state index contributed by atoms with van der Waals surface area (Å²) in [5, 5.41) is 4.68. The molecule has 1 atom stereocenters. The van der Waals surface area contributed by atoms with Gasteiger partial charge < -0.3 is 5.73 Å². The van der Waals surface area contributed by atoms with E-state index < -0.39 is 0 Å². The van der Waals surface area contributed by atoms with Crippen molar-refractivity contribution in [3.63, 3.8) is 0 Å². The highest BCUT2D eigenvalue weighted by Gasteiger charge is 2.35. The Kier molecular flexibility index (Phi) is 5.49. The SMILES string of the molecule is CCc1nn(CC)c(CC(N)C(C)(C)N2CCCC2)c1Br. The fourth-order valence-electron chi connectivity index (χ4n) is 3.20. The average molecular weight is 357 g/mol. The Morgan fingerprint density at radius 3 is 2.43 bits per heavy atom. The van der Waals surface area contributed by atoms with Gasteiger partial charge in [0.05, 0.1) is 15.9 Å². The Bertz CT molecular complexity index is 475. The van der Waals surface area contributed by atoms with Crippen LogP contribution in [0.25, 0.3) is 0 Å². The average Bonchev–Trinajstić information content (AvgIpc) is 3.08. The van der Waals surface area contributed by atoms with Crippen molar-refractivity contribution < 1.29 is 0 Å². The summed E-state index contributed by atoms with van der Waals surface area (Å²) in [4.78, 5) is 2.54. The first kappa shape index (κ1) is 17.0. The molecule has 2 N–H and O–H groups in total. The van der Waals surface area contributed by atoms with Gasteiger partial charge in [0.1, 0.15) is 0 Å². The molecule has 120 valence electrons. The van der Waals surface area contributed by atoms with Crippen molar-refractivity contribution in [2.45, 2.75) is 71.5 Å². The molecule has 4 nitrogen and oxygen atoms in total. The highest BCUT2D eigenvalue weighted by Crippen LogP contribution is 2.28. The summed E-state index contributed by atoms with van der Waals surface area (Å²) in [5.41, 5.74) is 9.02. The zero-order valence-corrected chi connectivity index (χ0v) is 15.4. The molecule has 0 aliphatic carbocycles. The molecule has 1 unspecified atom stereocenters. The van der Waals surface area contributed by atoms with Crippen LogP contribution in [0.2, 0.25) is 0 Å². The van der Waals surface area contributed by atoms with E-state index in [1.54, 1.807) is 0 Å². The lowest BCUT2D eigenvalue weighted by atomic mass is 9.89. The van der Waals surface area contributed by atoms with Crippen LogP contribution in [-0.2, 0) is 19.4 Å². The van der Waals surface area contributed by atoms with Gasteiger partial charge in [-0.15, -0.1) is 0 Å². The van der Waals surface area contributed by atoms with Gasteiger partial charge in [-0.2, -0.15) is 5.10 Å². The molecular formula is C16H29BrN4. The molecule has 0 aromatic carbocycles. The maximum Gasteiger partial charge on any atom is 0.0766 e. The molecule has 1 aliphatic rings. The van der Waals surface area contributed by atoms with Crippen molar-refractivity contribution in [2.75, 3.05) is 13.1 Å². The highest BCUT2D eigenvalue weighted by molar-refractivity contribution is 9.10. The van der Waals surface area contributed by atoms with E-state index in [2.05, 4.69) is 58.3 Å². The van der Waals surface area contributed by atoms with E-state index in [1.165, 1.54) is 31.6 Å². The summed E-state index contributed by atoms with van der Waals surface area (Å²) in [6.45, 7) is 12.1. The molecule has 1 saturated heterocycles. The Morgan fingerprint density at radius 1 is 1.29 bits per heavy atom. The summed E-state index contributed by atoms with van der Waals surface area (Å²) in [6.07, 6.45) is 4.41. The topological polar surface area (TPSA) is 47.1 Å². The summed E-state index contributed by atoms with van der Waals surface area (Å²) in [7, 11) is 0. The first-order valence-electron chi connectivity index (χ1n) is 8.16. The van der Waals surface area contributed by atoms with Gasteiger partial charge in [0.2, 0.25) is 0 Å². The van der Waals surface area contributed by atoms with Gasteiger partial charge in [-0.1, -0.05) is 6.92 Å². The predicted octanol–water partition coefficient (Wildman–Crippen LogP) is 2.97. The zero-order valence-electron chi connectivity index (χ0n) is 13.8. The predicted molar refractivity (Wildman–Crippen MR) is 91.5 cm³/mol. The minimum Gasteiger partial charge on any atom is -0.326 e. The zero-order chi connectivity index (χ0) is 15.6. The van der Waals surface area contributed by atoms with Crippen molar-refractivity contribution >= 4 is 15.9 Å². The second-order valence-electron chi connectivity index (χ2n) is 6.54. The molecule has 5 heteroatoms. The number of halogens is 1. The number of rotatable bonds is 6. The van der Waals surface area contributed by atoms with Crippen molar-refractivity contribution in [1.82, 2.24) is 14.7 Å². The molecule has 0 radical (unpaired) electrons. The van der Waals surface area contributed by atoms with Crippen LogP contribution in [0.1, 0.15) is 51.9 Å². The number of hydrogen-bond donors (Lipinski definition) is 1. The van der Waals surface area contributed by atoms with E-state index in [4.69, 9.17) is 5.73 Å². The first-order valence-corrected chi connectivity index (χ1v) is 8.95. The molecular weight excluding hydrogens is 328 g/mol. The minimum absolute atomic E-state index is 0.0329. The van der Waals surface area contributed by atoms with Gasteiger partial charge in [-0.3, -0.25) is 9.58 Å². The van der Waals surface area contributed by atoms with E-state index in [1.807, 2.05) is 0 Å². The quantitative estimate of drug-likeness (QED) is 0.852. The normalized spacial score (nSPS) is 18.4. The third-order valence-electron chi connectivity index (χ3n) is 4.94. The van der Waals surface area contributed by atoms with Crippen molar-refractivity contribution in [2.24, 2.45) is 5.73 Å². The van der Waals surface area contributed by atoms with Crippen LogP contribution in [0.3, 0.4) is 0 Å². The molecule has 2 heterocycles. The Morgan fingerprint density at radius 2 is 1.90 bits per heavy atom. The molecule has 21 heavy (non-hydrogen) atoms. The standard InChI is InChI=1S/C16H29BrN4/c1-5-12-15(17)13(21(6-2)19-12)11-14(18)16(3,4)20-9-7-8-10-20/h14H,5-11,18H2,1-4H3. The number of aryl methyl sites for hydroxylation is 2. The number of aromatic nitrogens is 2. The third-order valence-corrected chi connectivity index (χ3v) is 5.85. The molecule has 1 aliphatic heterocycles. The van der Waals surface area contributed by atoms with E-state index in [-0.39, 0.29) is 11.6 Å². The van der Waals surface area contributed by atoms with Gasteiger partial charge in [0.25, 0.3) is 0 Å². The van der Waals surface area contributed by atoms with E-state index in [9.17, 15) is 0 Å². The van der Waals surface area contributed by atoms with Gasteiger partial charge in [-0.05, 0) is 69.1 Å². The molecule has 1 aromatic rings. The third kappa shape index (κ3) is 3.35. The smallest absolute Gasteiger partial charge is 0.0766 e. The van der Waals surface area contributed by atoms with Crippen molar-refractivity contribution in [3.05, 3.63) is 15.9 Å². The van der Waals surface area contributed by atoms with Gasteiger partial charge in [0, 0.05) is 24.5 Å². The van der Waals surface area contributed by atoms with Gasteiger partial charge in [0.15, 0.2) is 0 Å². The van der Waals surface area contributed by atoms with Crippen LogP contribution in [-0.4, -0.2) is 39.4 Å². The Labute approximate surface area is 137 Å². The lowest BCUT2D eigenvalue weighted by molar-refractivity contribution is 0.122. The van der Waals surface area contributed by atoms with E-state index in [0.29, 0.717) is 0 Å². The summed E-state index contributed by atoms with van der Waals surface area (Å²) >= 11 is 3.73. The second kappa shape index (κ2) is 6.80. The minimum atomic E-state index is 0.0329. The highest BCUT2D eigenvalue weighted by atomic mass is 79.9. The van der Waals surface area contributed by atoms with Crippen molar-refractivity contribution in [3.8, 4) is 0 Å². The Balaban J connectivity index is 2.18. The summed E-state index contributed by atoms with van der Waals surface area (Å²) in [6, 6.07) is 0.110. The van der Waals surface area contributed by atoms with Gasteiger partial charge in [-0.25, -0.2) is 0 Å². The molecule has 0 saturated carbocycles. The van der Waals surface area contributed by atoms with Crippen LogP contribution < -0.4 is 5.73 Å². The fraction of sp³-hybridized carbons (Fsp3) is 0.812. The van der Waals surface area contributed by atoms with Gasteiger partial charge >= 0.3 is 0 Å². The largest absolute Gasteiger partial charge is 0.326 e. The maximum atomic E-state index is 6.60. The summed E-state index contributed by atoms with van der Waals surface area (Å²) in [5.74, 6) is 0. The first-order chi connectivity index (χ1) is 9.91. The molecule has 1 aromatic heterocycles. The summed E-state index contributed by atoms with van der Waals surface area (Å²) < 4.78 is 3.25. The lowest BCUT2D eigenvalue weighted by Gasteiger charge is -2.40. The molecule has 0 bridgehead atoms. The van der Waals surface area contributed by atoms with Crippen LogP contribution in [0.5, 0.6) is 0 Å². The van der Waals surface area contributed by atoms with E-state index >= 15 is 0 Å². The number of likely N-dealkylation sites (tertiary alicyclic amines) is 1. The van der Waals surface area contributed by atoms with Crippen LogP contribution >= 0.6 is 15.9 Å². The molecule has 2 rings (SSSR count). The molecule has 0 amide bonds. The van der Waals surface area contributed by atoms with Crippen LogP contribution in [0.4, 0.5) is 0 Å². The number of hydrogen-bond acceptors (Lipinski definition) is 3. The molecule has 0 spiro atoms. The monoisotopic (exact) mass is 356 g/mol. The number of nitrogens with zero attached hydrogens (tertiary/aromatic N) is 3. The maximum absolute atomic E-state index is 6.60. The van der Waals surface area contributed by atoms with Crippen LogP contribution in [0, 0.1) is 0 Å². The lowest BCUT2D eigenvalue weighted by Crippen LogP contribution is -2.56. The second-order valence-corrected chi connectivity index (χ2v) is 7.33. The van der Waals surface area contributed by atoms with Crippen molar-refractivity contribution in [1.29, 1.82) is 0 Å².